The molecule has 2 aromatic rings. The van der Waals surface area contributed by atoms with E-state index in [4.69, 9.17) is 4.74 Å². The third-order valence-corrected chi connectivity index (χ3v) is 4.23. The number of rotatable bonds is 4. The molecule has 6 nitrogen and oxygen atoms in total. The van der Waals surface area contributed by atoms with Gasteiger partial charge in [0.2, 0.25) is 0 Å². The molecular formula is C18H24N4O2. The number of carbonyl (C=O) groups is 1. The van der Waals surface area contributed by atoms with Crippen LogP contribution in [0.1, 0.15) is 24.2 Å². The Hall–Kier alpha value is -2.34. The molecule has 2 heterocycles. The average Bonchev–Trinajstić information content (AvgIpc) is 3.17. The molecule has 0 spiro atoms. The van der Waals surface area contributed by atoms with Crippen LogP contribution in [-0.4, -0.2) is 47.0 Å². The van der Waals surface area contributed by atoms with Gasteiger partial charge in [-0.3, -0.25) is 0 Å². The van der Waals surface area contributed by atoms with E-state index in [2.05, 4.69) is 10.4 Å². The van der Waals surface area contributed by atoms with Gasteiger partial charge in [0.05, 0.1) is 23.2 Å². The van der Waals surface area contributed by atoms with E-state index < -0.39 is 0 Å². The minimum absolute atomic E-state index is 0.139. The standard InChI is InChI=1S/C18H24N4O2/c1-13-11-14(2)22(20-13)17-9-5-4-8-16(17)19-18(23)21(3)12-15-7-6-10-24-15/h4-5,8-9,11,15H,6-7,10,12H2,1-3H3,(H,19,23). The fourth-order valence-electron chi connectivity index (χ4n) is 3.02. The predicted octanol–water partition coefficient (Wildman–Crippen LogP) is 3.13. The van der Waals surface area contributed by atoms with Crippen molar-refractivity contribution in [2.24, 2.45) is 0 Å². The van der Waals surface area contributed by atoms with Gasteiger partial charge in [0, 0.05) is 25.9 Å². The quantitative estimate of drug-likeness (QED) is 0.938. The van der Waals surface area contributed by atoms with Crippen molar-refractivity contribution in [3.63, 3.8) is 0 Å². The minimum Gasteiger partial charge on any atom is -0.376 e. The smallest absolute Gasteiger partial charge is 0.321 e. The van der Waals surface area contributed by atoms with E-state index in [1.54, 1.807) is 11.9 Å². The summed E-state index contributed by atoms with van der Waals surface area (Å²) in [6, 6.07) is 9.57. The zero-order chi connectivity index (χ0) is 17.1. The summed E-state index contributed by atoms with van der Waals surface area (Å²) in [7, 11) is 1.79. The molecule has 1 aliphatic heterocycles. The maximum atomic E-state index is 12.5. The first-order chi connectivity index (χ1) is 11.5. The first-order valence-corrected chi connectivity index (χ1v) is 8.31. The second-order valence-corrected chi connectivity index (χ2v) is 6.30. The Bertz CT molecular complexity index is 720. The number of para-hydroxylation sites is 2. The Labute approximate surface area is 142 Å². The lowest BCUT2D eigenvalue weighted by Gasteiger charge is -2.22. The molecule has 128 valence electrons. The number of urea groups is 1. The average molecular weight is 328 g/mol. The number of amides is 2. The first-order valence-electron chi connectivity index (χ1n) is 8.31. The highest BCUT2D eigenvalue weighted by molar-refractivity contribution is 5.91. The number of hydrogen-bond acceptors (Lipinski definition) is 3. The molecule has 1 atom stereocenters. The number of carbonyl (C=O) groups excluding carboxylic acids is 1. The highest BCUT2D eigenvalue weighted by atomic mass is 16.5. The number of nitrogens with one attached hydrogen (secondary N) is 1. The summed E-state index contributed by atoms with van der Waals surface area (Å²) in [5, 5.41) is 7.50. The molecule has 1 fully saturated rings. The zero-order valence-corrected chi connectivity index (χ0v) is 14.5. The molecule has 0 aliphatic carbocycles. The van der Waals surface area contributed by atoms with E-state index in [0.29, 0.717) is 6.54 Å². The van der Waals surface area contributed by atoms with E-state index in [1.165, 1.54) is 0 Å². The topological polar surface area (TPSA) is 59.4 Å². The fraction of sp³-hybridized carbons (Fsp3) is 0.444. The van der Waals surface area contributed by atoms with Crippen LogP contribution in [0.5, 0.6) is 0 Å². The lowest BCUT2D eigenvalue weighted by atomic mass is 10.2. The van der Waals surface area contributed by atoms with Crippen molar-refractivity contribution < 1.29 is 9.53 Å². The van der Waals surface area contributed by atoms with Crippen molar-refractivity contribution in [2.75, 3.05) is 25.5 Å². The number of hydrogen-bond donors (Lipinski definition) is 1. The van der Waals surface area contributed by atoms with Gasteiger partial charge < -0.3 is 15.0 Å². The van der Waals surface area contributed by atoms with E-state index in [0.717, 1.165) is 42.2 Å². The highest BCUT2D eigenvalue weighted by Crippen LogP contribution is 2.22. The van der Waals surface area contributed by atoms with Gasteiger partial charge in [0.25, 0.3) is 0 Å². The molecule has 0 saturated carbocycles. The third kappa shape index (κ3) is 3.59. The molecule has 1 saturated heterocycles. The van der Waals surface area contributed by atoms with Crippen LogP contribution in [0.3, 0.4) is 0 Å². The maximum absolute atomic E-state index is 12.5. The number of anilines is 1. The second-order valence-electron chi connectivity index (χ2n) is 6.30. The van der Waals surface area contributed by atoms with Crippen LogP contribution in [0, 0.1) is 13.8 Å². The van der Waals surface area contributed by atoms with Crippen LogP contribution < -0.4 is 5.32 Å². The summed E-state index contributed by atoms with van der Waals surface area (Å²) < 4.78 is 7.45. The first kappa shape index (κ1) is 16.5. The highest BCUT2D eigenvalue weighted by Gasteiger charge is 2.20. The van der Waals surface area contributed by atoms with E-state index in [-0.39, 0.29) is 12.1 Å². The van der Waals surface area contributed by atoms with Gasteiger partial charge in [-0.2, -0.15) is 5.10 Å². The van der Waals surface area contributed by atoms with Gasteiger partial charge in [-0.05, 0) is 44.9 Å². The van der Waals surface area contributed by atoms with Crippen molar-refractivity contribution in [1.29, 1.82) is 0 Å². The molecule has 0 bridgehead atoms. The summed E-state index contributed by atoms with van der Waals surface area (Å²) in [4.78, 5) is 14.2. The van der Waals surface area contributed by atoms with Crippen LogP contribution in [0.4, 0.5) is 10.5 Å². The van der Waals surface area contributed by atoms with Gasteiger partial charge in [0.15, 0.2) is 0 Å². The molecule has 1 N–H and O–H groups in total. The number of aryl methyl sites for hydroxylation is 2. The lowest BCUT2D eigenvalue weighted by Crippen LogP contribution is -2.37. The van der Waals surface area contributed by atoms with Gasteiger partial charge in [-0.25, -0.2) is 9.48 Å². The number of benzene rings is 1. The molecule has 1 unspecified atom stereocenters. The predicted molar refractivity (Wildman–Crippen MR) is 93.7 cm³/mol. The Morgan fingerprint density at radius 1 is 1.42 bits per heavy atom. The van der Waals surface area contributed by atoms with Crippen LogP contribution >= 0.6 is 0 Å². The second kappa shape index (κ2) is 7.05. The van der Waals surface area contributed by atoms with Crippen LogP contribution in [0.15, 0.2) is 30.3 Å². The summed E-state index contributed by atoms with van der Waals surface area (Å²) in [5.74, 6) is 0. The largest absolute Gasteiger partial charge is 0.376 e. The van der Waals surface area contributed by atoms with E-state index in [1.807, 2.05) is 48.9 Å². The van der Waals surface area contributed by atoms with Crippen molar-refractivity contribution >= 4 is 11.7 Å². The molecule has 2 amide bonds. The minimum atomic E-state index is -0.139. The lowest BCUT2D eigenvalue weighted by molar-refractivity contribution is 0.0894. The Balaban J connectivity index is 1.75. The number of nitrogens with zero attached hydrogens (tertiary/aromatic N) is 3. The Morgan fingerprint density at radius 3 is 2.88 bits per heavy atom. The van der Waals surface area contributed by atoms with Gasteiger partial charge in [0.1, 0.15) is 0 Å². The summed E-state index contributed by atoms with van der Waals surface area (Å²) >= 11 is 0. The normalized spacial score (nSPS) is 17.0. The van der Waals surface area contributed by atoms with Crippen molar-refractivity contribution in [3.8, 4) is 5.69 Å². The Kier molecular flexibility index (Phi) is 4.85. The van der Waals surface area contributed by atoms with E-state index in [9.17, 15) is 4.79 Å². The summed E-state index contributed by atoms with van der Waals surface area (Å²) in [6.07, 6.45) is 2.23. The Morgan fingerprint density at radius 2 is 2.21 bits per heavy atom. The molecule has 24 heavy (non-hydrogen) atoms. The van der Waals surface area contributed by atoms with Gasteiger partial charge in [-0.15, -0.1) is 0 Å². The summed E-state index contributed by atoms with van der Waals surface area (Å²) in [6.45, 7) is 5.36. The summed E-state index contributed by atoms with van der Waals surface area (Å²) in [5.41, 5.74) is 3.58. The van der Waals surface area contributed by atoms with E-state index >= 15 is 0 Å². The van der Waals surface area contributed by atoms with Crippen LogP contribution in [-0.2, 0) is 4.74 Å². The molecule has 6 heteroatoms. The maximum Gasteiger partial charge on any atom is 0.321 e. The number of aromatic nitrogens is 2. The molecular weight excluding hydrogens is 304 g/mol. The van der Waals surface area contributed by atoms with Crippen molar-refractivity contribution in [3.05, 3.63) is 41.7 Å². The molecule has 1 aromatic heterocycles. The molecule has 1 aromatic carbocycles. The van der Waals surface area contributed by atoms with Crippen LogP contribution in [0.2, 0.25) is 0 Å². The SMILES string of the molecule is Cc1cc(C)n(-c2ccccc2NC(=O)N(C)CC2CCCO2)n1. The number of ether oxygens (including phenoxy) is 1. The van der Waals surface area contributed by atoms with Gasteiger partial charge in [-0.1, -0.05) is 12.1 Å². The zero-order valence-electron chi connectivity index (χ0n) is 14.5. The number of likely N-dealkylation sites (N-methyl/N-ethyl adjacent to an activating group) is 1. The van der Waals surface area contributed by atoms with Gasteiger partial charge >= 0.3 is 6.03 Å². The molecule has 1 aliphatic rings. The fourth-order valence-corrected chi connectivity index (χ4v) is 3.02. The monoisotopic (exact) mass is 328 g/mol. The molecule has 3 rings (SSSR count). The third-order valence-electron chi connectivity index (χ3n) is 4.23. The van der Waals surface area contributed by atoms with Crippen molar-refractivity contribution in [2.45, 2.75) is 32.8 Å². The molecule has 0 radical (unpaired) electrons. The van der Waals surface area contributed by atoms with Crippen LogP contribution in [0.25, 0.3) is 5.69 Å². The van der Waals surface area contributed by atoms with Crippen molar-refractivity contribution in [1.82, 2.24) is 14.7 Å².